The summed E-state index contributed by atoms with van der Waals surface area (Å²) in [5, 5.41) is 7.55. The van der Waals surface area contributed by atoms with Gasteiger partial charge >= 0.3 is 0 Å². The van der Waals surface area contributed by atoms with Gasteiger partial charge in [0.05, 0.1) is 5.69 Å². The van der Waals surface area contributed by atoms with Crippen molar-refractivity contribution in [1.29, 1.82) is 0 Å². The molecule has 0 bridgehead atoms. The lowest BCUT2D eigenvalue weighted by Gasteiger charge is -2.03. The average molecular weight is 320 g/mol. The Morgan fingerprint density at radius 1 is 1.22 bits per heavy atom. The molecule has 114 valence electrons. The number of fused-ring (bicyclic) bond motifs is 1. The van der Waals surface area contributed by atoms with Crippen LogP contribution in [-0.2, 0) is 0 Å². The molecule has 23 heavy (non-hydrogen) atoms. The number of para-hydroxylation sites is 1. The molecule has 0 saturated heterocycles. The van der Waals surface area contributed by atoms with E-state index in [0.717, 1.165) is 39.7 Å². The molecule has 0 fully saturated rings. The van der Waals surface area contributed by atoms with Gasteiger partial charge in [-0.1, -0.05) is 18.2 Å². The fraction of sp³-hybridized carbons (Fsp3) is 0.111. The fourth-order valence-corrected chi connectivity index (χ4v) is 3.47. The van der Waals surface area contributed by atoms with E-state index in [1.807, 2.05) is 30.6 Å². The third-order valence-electron chi connectivity index (χ3n) is 3.73. The van der Waals surface area contributed by atoms with E-state index in [4.69, 9.17) is 4.98 Å². The van der Waals surface area contributed by atoms with Gasteiger partial charge < -0.3 is 10.3 Å². The quantitative estimate of drug-likeness (QED) is 0.568. The molecule has 2 N–H and O–H groups in total. The molecular weight excluding hydrogens is 304 g/mol. The van der Waals surface area contributed by atoms with Crippen LogP contribution in [0.4, 0.5) is 5.82 Å². The second-order valence-electron chi connectivity index (χ2n) is 5.25. The van der Waals surface area contributed by atoms with Gasteiger partial charge in [-0.15, -0.1) is 11.3 Å². The Hall–Kier alpha value is -2.66. The third-order valence-corrected chi connectivity index (χ3v) is 4.63. The van der Waals surface area contributed by atoms with E-state index in [-0.39, 0.29) is 0 Å². The number of benzene rings is 1. The van der Waals surface area contributed by atoms with Crippen LogP contribution in [0, 0.1) is 0 Å². The number of H-pyrrole nitrogens is 1. The van der Waals surface area contributed by atoms with E-state index in [2.05, 4.69) is 45.8 Å². The summed E-state index contributed by atoms with van der Waals surface area (Å²) in [4.78, 5) is 12.4. The lowest BCUT2D eigenvalue weighted by atomic mass is 10.1. The highest BCUT2D eigenvalue weighted by molar-refractivity contribution is 7.13. The normalized spacial score (nSPS) is 11.0. The lowest BCUT2D eigenvalue weighted by molar-refractivity contribution is 1.16. The summed E-state index contributed by atoms with van der Waals surface area (Å²) >= 11 is 1.66. The first-order valence-corrected chi connectivity index (χ1v) is 8.45. The summed E-state index contributed by atoms with van der Waals surface area (Å²) in [6, 6.07) is 12.3. The highest BCUT2D eigenvalue weighted by Crippen LogP contribution is 2.33. The third kappa shape index (κ3) is 2.59. The number of rotatable bonds is 4. The molecule has 3 heterocycles. The molecule has 0 atom stereocenters. The smallest absolute Gasteiger partial charge is 0.126 e. The van der Waals surface area contributed by atoms with Crippen molar-refractivity contribution in [2.24, 2.45) is 0 Å². The topological polar surface area (TPSA) is 53.6 Å². The summed E-state index contributed by atoms with van der Waals surface area (Å²) in [6.45, 7) is 2.92. The van der Waals surface area contributed by atoms with Crippen LogP contribution in [0.5, 0.6) is 0 Å². The van der Waals surface area contributed by atoms with Gasteiger partial charge in [-0.25, -0.2) is 9.97 Å². The van der Waals surface area contributed by atoms with Gasteiger partial charge in [0.2, 0.25) is 0 Å². The maximum atomic E-state index is 4.82. The van der Waals surface area contributed by atoms with Gasteiger partial charge in [-0.3, -0.25) is 0 Å². The molecule has 0 amide bonds. The summed E-state index contributed by atoms with van der Waals surface area (Å²) in [5.41, 5.74) is 4.37. The van der Waals surface area contributed by atoms with Crippen LogP contribution >= 0.6 is 11.3 Å². The van der Waals surface area contributed by atoms with Crippen molar-refractivity contribution in [1.82, 2.24) is 15.0 Å². The zero-order valence-electron chi connectivity index (χ0n) is 12.7. The molecule has 3 aromatic heterocycles. The van der Waals surface area contributed by atoms with Crippen LogP contribution in [0.15, 0.2) is 54.2 Å². The van der Waals surface area contributed by atoms with Crippen molar-refractivity contribution in [3.8, 4) is 21.8 Å². The number of hydrogen-bond acceptors (Lipinski definition) is 4. The standard InChI is InChI=1S/C18H16N4S/c1-2-19-17-9-12(7-8-20-17)18-22-16(11-23-18)14-10-21-15-6-4-3-5-13(14)15/h3-11,21H,2H2,1H3,(H,19,20). The minimum atomic E-state index is 0.856. The van der Waals surface area contributed by atoms with Crippen LogP contribution in [0.3, 0.4) is 0 Å². The van der Waals surface area contributed by atoms with Crippen LogP contribution in [0.2, 0.25) is 0 Å². The first kappa shape index (κ1) is 14.0. The van der Waals surface area contributed by atoms with E-state index in [0.29, 0.717) is 0 Å². The van der Waals surface area contributed by atoms with E-state index in [9.17, 15) is 0 Å². The number of aromatic amines is 1. The average Bonchev–Trinajstić information content (AvgIpc) is 3.22. The predicted octanol–water partition coefficient (Wildman–Crippen LogP) is 4.79. The number of nitrogens with zero attached hydrogens (tertiary/aromatic N) is 2. The molecule has 0 unspecified atom stereocenters. The number of pyridine rings is 1. The highest BCUT2D eigenvalue weighted by Gasteiger charge is 2.11. The SMILES string of the molecule is CCNc1cc(-c2nc(-c3c[nH]c4ccccc34)cs2)ccn1. The second-order valence-corrected chi connectivity index (χ2v) is 6.10. The Morgan fingerprint density at radius 2 is 2.13 bits per heavy atom. The first-order valence-electron chi connectivity index (χ1n) is 7.57. The van der Waals surface area contributed by atoms with Crippen LogP contribution in [0.25, 0.3) is 32.7 Å². The molecule has 0 radical (unpaired) electrons. The van der Waals surface area contributed by atoms with Gasteiger partial charge in [-0.05, 0) is 25.1 Å². The van der Waals surface area contributed by atoms with E-state index in [1.165, 1.54) is 5.39 Å². The lowest BCUT2D eigenvalue weighted by Crippen LogP contribution is -1.98. The summed E-state index contributed by atoms with van der Waals surface area (Å²) in [5.74, 6) is 0.883. The summed E-state index contributed by atoms with van der Waals surface area (Å²) < 4.78 is 0. The van der Waals surface area contributed by atoms with Gasteiger partial charge in [0.25, 0.3) is 0 Å². The molecular formula is C18H16N4S. The molecule has 0 aliphatic rings. The van der Waals surface area contributed by atoms with Crippen molar-refractivity contribution in [3.63, 3.8) is 0 Å². The van der Waals surface area contributed by atoms with Crippen molar-refractivity contribution >= 4 is 28.1 Å². The molecule has 0 spiro atoms. The van der Waals surface area contributed by atoms with Crippen LogP contribution in [-0.4, -0.2) is 21.5 Å². The minimum absolute atomic E-state index is 0.856. The molecule has 0 aliphatic carbocycles. The van der Waals surface area contributed by atoms with Gasteiger partial charge in [-0.2, -0.15) is 0 Å². The minimum Gasteiger partial charge on any atom is -0.370 e. The maximum Gasteiger partial charge on any atom is 0.126 e. The Balaban J connectivity index is 1.73. The predicted molar refractivity (Wildman–Crippen MR) is 96.8 cm³/mol. The van der Waals surface area contributed by atoms with Crippen molar-refractivity contribution in [2.45, 2.75) is 6.92 Å². The number of hydrogen-bond donors (Lipinski definition) is 2. The first-order chi connectivity index (χ1) is 11.3. The Bertz CT molecular complexity index is 954. The van der Waals surface area contributed by atoms with Crippen molar-refractivity contribution in [3.05, 3.63) is 54.2 Å². The molecule has 0 aliphatic heterocycles. The second kappa shape index (κ2) is 5.85. The van der Waals surface area contributed by atoms with Gasteiger partial charge in [0.15, 0.2) is 0 Å². The van der Waals surface area contributed by atoms with E-state index < -0.39 is 0 Å². The zero-order chi connectivity index (χ0) is 15.6. The number of anilines is 1. The molecule has 4 rings (SSSR count). The van der Waals surface area contributed by atoms with Crippen LogP contribution in [0.1, 0.15) is 6.92 Å². The molecule has 4 aromatic rings. The Morgan fingerprint density at radius 3 is 3.04 bits per heavy atom. The number of thiazole rings is 1. The zero-order valence-corrected chi connectivity index (χ0v) is 13.5. The van der Waals surface area contributed by atoms with Crippen molar-refractivity contribution < 1.29 is 0 Å². The van der Waals surface area contributed by atoms with Gasteiger partial charge in [0, 0.05) is 46.3 Å². The van der Waals surface area contributed by atoms with E-state index >= 15 is 0 Å². The molecule has 4 nitrogen and oxygen atoms in total. The number of nitrogens with one attached hydrogen (secondary N) is 2. The Labute approximate surface area is 138 Å². The fourth-order valence-electron chi connectivity index (χ4n) is 2.65. The molecule has 0 saturated carbocycles. The maximum absolute atomic E-state index is 4.82. The molecule has 5 heteroatoms. The molecule has 1 aromatic carbocycles. The Kier molecular flexibility index (Phi) is 3.55. The van der Waals surface area contributed by atoms with Gasteiger partial charge in [0.1, 0.15) is 10.8 Å². The van der Waals surface area contributed by atoms with Crippen LogP contribution < -0.4 is 5.32 Å². The number of aromatic nitrogens is 3. The largest absolute Gasteiger partial charge is 0.370 e. The van der Waals surface area contributed by atoms with E-state index in [1.54, 1.807) is 11.3 Å². The highest BCUT2D eigenvalue weighted by atomic mass is 32.1. The summed E-state index contributed by atoms with van der Waals surface area (Å²) in [7, 11) is 0. The monoisotopic (exact) mass is 320 g/mol. The van der Waals surface area contributed by atoms with Crippen molar-refractivity contribution in [2.75, 3.05) is 11.9 Å². The summed E-state index contributed by atoms with van der Waals surface area (Å²) in [6.07, 6.45) is 3.85.